The van der Waals surface area contributed by atoms with Gasteiger partial charge >= 0.3 is 0 Å². The normalized spacial score (nSPS) is 24.2. The van der Waals surface area contributed by atoms with E-state index in [-0.39, 0.29) is 11.9 Å². The molecule has 1 aromatic carbocycles. The van der Waals surface area contributed by atoms with Gasteiger partial charge in [-0.1, -0.05) is 28.8 Å². The molecule has 1 amide bonds. The van der Waals surface area contributed by atoms with Crippen molar-refractivity contribution in [2.75, 3.05) is 24.2 Å². The first-order valence-electron chi connectivity index (χ1n) is 8.30. The number of nitrogens with zero attached hydrogens (tertiary/aromatic N) is 1. The van der Waals surface area contributed by atoms with Crippen LogP contribution in [0.3, 0.4) is 0 Å². The lowest BCUT2D eigenvalue weighted by atomic mass is 9.92. The number of anilines is 2. The zero-order chi connectivity index (χ0) is 16.6. The monoisotopic (exact) mass is 381 g/mol. The Balaban J connectivity index is 1.89. The van der Waals surface area contributed by atoms with Gasteiger partial charge in [0.1, 0.15) is 0 Å². The minimum absolute atomic E-state index is 0.178. The number of benzene rings is 1. The fraction of sp³-hybridized carbons (Fsp3) is 0.588. The molecule has 126 valence electrons. The van der Waals surface area contributed by atoms with Crippen molar-refractivity contribution in [1.29, 1.82) is 0 Å². The molecule has 1 aromatic rings. The number of halogens is 1. The average Bonchev–Trinajstić information content (AvgIpc) is 2.53. The zero-order valence-corrected chi connectivity index (χ0v) is 15.0. The first-order chi connectivity index (χ1) is 11.0. The minimum Gasteiger partial charge on any atom is -0.396 e. The third-order valence-electron chi connectivity index (χ3n) is 4.98. The predicted molar refractivity (Wildman–Crippen MR) is 95.9 cm³/mol. The van der Waals surface area contributed by atoms with E-state index in [9.17, 15) is 9.90 Å². The first-order valence-corrected chi connectivity index (χ1v) is 9.09. The molecule has 2 aliphatic rings. The molecule has 0 radical (unpaired) electrons. The molecule has 5 nitrogen and oxygen atoms in total. The standard InChI is InChI=1S/C17H24BrN3O2/c1-21-8-4-5-10-12(18)9-11(15(19)16(10)21)17(23)20-13-6-2-3-7-14(13)22/h9,13-14,22H,2-8,19H2,1H3,(H,20,23)/t13-,14-/m0/s1. The van der Waals surface area contributed by atoms with Gasteiger partial charge < -0.3 is 21.1 Å². The molecule has 1 fully saturated rings. The van der Waals surface area contributed by atoms with Gasteiger partial charge in [-0.15, -0.1) is 0 Å². The van der Waals surface area contributed by atoms with Crippen LogP contribution in [0.2, 0.25) is 0 Å². The fourth-order valence-corrected chi connectivity index (χ4v) is 4.30. The summed E-state index contributed by atoms with van der Waals surface area (Å²) in [6, 6.07) is 1.64. The van der Waals surface area contributed by atoms with Crippen molar-refractivity contribution in [3.05, 3.63) is 21.7 Å². The summed E-state index contributed by atoms with van der Waals surface area (Å²) in [6.07, 6.45) is 5.21. The van der Waals surface area contributed by atoms with Crippen LogP contribution in [0.15, 0.2) is 10.5 Å². The van der Waals surface area contributed by atoms with Crippen LogP contribution in [0, 0.1) is 0 Å². The van der Waals surface area contributed by atoms with E-state index >= 15 is 0 Å². The number of carbonyl (C=O) groups excluding carboxylic acids is 1. The summed E-state index contributed by atoms with van der Waals surface area (Å²) < 4.78 is 0.933. The van der Waals surface area contributed by atoms with E-state index in [1.807, 2.05) is 13.1 Å². The van der Waals surface area contributed by atoms with Gasteiger partial charge in [0.05, 0.1) is 29.1 Å². The van der Waals surface area contributed by atoms with Gasteiger partial charge in [-0.05, 0) is 37.3 Å². The van der Waals surface area contributed by atoms with Gasteiger partial charge in [-0.25, -0.2) is 0 Å². The van der Waals surface area contributed by atoms with Crippen LogP contribution < -0.4 is 16.0 Å². The summed E-state index contributed by atoms with van der Waals surface area (Å²) in [5, 5.41) is 13.0. The zero-order valence-electron chi connectivity index (χ0n) is 13.4. The molecule has 0 aromatic heterocycles. The average molecular weight is 382 g/mol. The van der Waals surface area contributed by atoms with Gasteiger partial charge in [0.15, 0.2) is 0 Å². The summed E-state index contributed by atoms with van der Waals surface area (Å²) in [4.78, 5) is 14.8. The van der Waals surface area contributed by atoms with E-state index < -0.39 is 6.10 Å². The number of fused-ring (bicyclic) bond motifs is 1. The second-order valence-electron chi connectivity index (χ2n) is 6.60. The molecule has 0 bridgehead atoms. The van der Waals surface area contributed by atoms with Crippen LogP contribution in [0.25, 0.3) is 0 Å². The Morgan fingerprint density at radius 3 is 2.87 bits per heavy atom. The Morgan fingerprint density at radius 2 is 2.13 bits per heavy atom. The fourth-order valence-electron chi connectivity index (χ4n) is 3.69. The maximum Gasteiger partial charge on any atom is 0.253 e. The molecule has 0 unspecified atom stereocenters. The Kier molecular flexibility index (Phi) is 4.82. The van der Waals surface area contributed by atoms with Crippen molar-refractivity contribution in [3.8, 4) is 0 Å². The second kappa shape index (κ2) is 6.69. The van der Waals surface area contributed by atoms with E-state index in [0.29, 0.717) is 11.3 Å². The van der Waals surface area contributed by atoms with E-state index in [1.54, 1.807) is 0 Å². The third-order valence-corrected chi connectivity index (χ3v) is 5.69. The molecule has 2 atom stereocenters. The van der Waals surface area contributed by atoms with Gasteiger partial charge in [-0.2, -0.15) is 0 Å². The molecule has 3 rings (SSSR count). The highest BCUT2D eigenvalue weighted by atomic mass is 79.9. The Bertz CT molecular complexity index is 620. The topological polar surface area (TPSA) is 78.6 Å². The lowest BCUT2D eigenvalue weighted by Gasteiger charge is -2.32. The SMILES string of the molecule is CN1CCCc2c(Br)cc(C(=O)N[C@H]3CCCC[C@@H]3O)c(N)c21. The smallest absolute Gasteiger partial charge is 0.253 e. The van der Waals surface area contributed by atoms with Crippen LogP contribution in [0.5, 0.6) is 0 Å². The predicted octanol–water partition coefficient (Wildman–Crippen LogP) is 2.45. The molecule has 0 saturated heterocycles. The Morgan fingerprint density at radius 1 is 1.39 bits per heavy atom. The number of hydrogen-bond donors (Lipinski definition) is 3. The van der Waals surface area contributed by atoms with Crippen LogP contribution in [-0.2, 0) is 6.42 Å². The molecule has 6 heteroatoms. The van der Waals surface area contributed by atoms with Crippen molar-refractivity contribution >= 4 is 33.2 Å². The maximum absolute atomic E-state index is 12.7. The maximum atomic E-state index is 12.7. The molecule has 4 N–H and O–H groups in total. The second-order valence-corrected chi connectivity index (χ2v) is 7.46. The number of amides is 1. The molecule has 23 heavy (non-hydrogen) atoms. The number of hydrogen-bond acceptors (Lipinski definition) is 4. The number of carbonyl (C=O) groups is 1. The van der Waals surface area contributed by atoms with Gasteiger partial charge in [0, 0.05) is 18.1 Å². The van der Waals surface area contributed by atoms with Gasteiger partial charge in [0.25, 0.3) is 5.91 Å². The molecular formula is C17H24BrN3O2. The summed E-state index contributed by atoms with van der Waals surface area (Å²) in [7, 11) is 2.01. The first kappa shape index (κ1) is 16.6. The lowest BCUT2D eigenvalue weighted by Crippen LogP contribution is -2.45. The number of nitrogen functional groups attached to an aromatic ring is 1. The third kappa shape index (κ3) is 3.19. The summed E-state index contributed by atoms with van der Waals surface area (Å²) in [6.45, 7) is 0.941. The molecule has 1 saturated carbocycles. The Hall–Kier alpha value is -1.27. The summed E-state index contributed by atoms with van der Waals surface area (Å²) in [5.41, 5.74) is 9.47. The van der Waals surface area contributed by atoms with Crippen LogP contribution >= 0.6 is 15.9 Å². The van der Waals surface area contributed by atoms with E-state index in [0.717, 1.165) is 55.2 Å². The van der Waals surface area contributed by atoms with Crippen molar-refractivity contribution < 1.29 is 9.90 Å². The van der Waals surface area contributed by atoms with E-state index in [1.165, 1.54) is 5.56 Å². The van der Waals surface area contributed by atoms with Crippen molar-refractivity contribution in [1.82, 2.24) is 5.32 Å². The number of nitrogens with one attached hydrogen (secondary N) is 1. The molecule has 1 aliphatic carbocycles. The van der Waals surface area contributed by atoms with E-state index in [4.69, 9.17) is 5.73 Å². The van der Waals surface area contributed by atoms with Crippen molar-refractivity contribution in [2.45, 2.75) is 50.7 Å². The quantitative estimate of drug-likeness (QED) is 0.687. The number of aliphatic hydroxyl groups excluding tert-OH is 1. The largest absolute Gasteiger partial charge is 0.396 e. The summed E-state index contributed by atoms with van der Waals surface area (Å²) >= 11 is 3.59. The van der Waals surface area contributed by atoms with Gasteiger partial charge in [0.2, 0.25) is 0 Å². The Labute approximate surface area is 145 Å². The van der Waals surface area contributed by atoms with Crippen molar-refractivity contribution in [2.24, 2.45) is 0 Å². The highest BCUT2D eigenvalue weighted by Gasteiger charge is 2.28. The van der Waals surface area contributed by atoms with Crippen molar-refractivity contribution in [3.63, 3.8) is 0 Å². The summed E-state index contributed by atoms with van der Waals surface area (Å²) in [5.74, 6) is -0.198. The minimum atomic E-state index is -0.460. The van der Waals surface area contributed by atoms with E-state index in [2.05, 4.69) is 26.1 Å². The number of rotatable bonds is 2. The van der Waals surface area contributed by atoms with Crippen LogP contribution in [0.4, 0.5) is 11.4 Å². The number of aliphatic hydroxyl groups is 1. The highest BCUT2D eigenvalue weighted by molar-refractivity contribution is 9.10. The van der Waals surface area contributed by atoms with Crippen LogP contribution in [0.1, 0.15) is 48.0 Å². The van der Waals surface area contributed by atoms with Gasteiger partial charge in [-0.3, -0.25) is 4.79 Å². The highest BCUT2D eigenvalue weighted by Crippen LogP contribution is 2.39. The lowest BCUT2D eigenvalue weighted by molar-refractivity contribution is 0.0718. The molecule has 1 heterocycles. The van der Waals surface area contributed by atoms with Crippen LogP contribution in [-0.4, -0.2) is 36.8 Å². The number of nitrogens with two attached hydrogens (primary N) is 1. The molecular weight excluding hydrogens is 358 g/mol. The molecule has 1 aliphatic heterocycles. The molecule has 0 spiro atoms.